The van der Waals surface area contributed by atoms with Crippen LogP contribution in [0.2, 0.25) is 0 Å². The lowest BCUT2D eigenvalue weighted by Crippen LogP contribution is -2.11. The van der Waals surface area contributed by atoms with E-state index < -0.39 is 0 Å². The van der Waals surface area contributed by atoms with E-state index in [1.807, 2.05) is 12.1 Å². The number of para-hydroxylation sites is 1. The first-order valence-electron chi connectivity index (χ1n) is 6.91. The zero-order chi connectivity index (χ0) is 15.2. The van der Waals surface area contributed by atoms with Gasteiger partial charge in [0.25, 0.3) is 0 Å². The van der Waals surface area contributed by atoms with Gasteiger partial charge < -0.3 is 10.2 Å². The Morgan fingerprint density at radius 2 is 1.50 bits per heavy atom. The fraction of sp³-hybridized carbons (Fsp3) is 0.333. The number of benzene rings is 2. The highest BCUT2D eigenvalue weighted by atomic mass is 16.3. The highest BCUT2D eigenvalue weighted by Crippen LogP contribution is 2.31. The lowest BCUT2D eigenvalue weighted by atomic mass is 9.85. The topological polar surface area (TPSA) is 40.5 Å². The molecule has 0 spiro atoms. The molecule has 2 aromatic carbocycles. The van der Waals surface area contributed by atoms with Crippen LogP contribution in [0.3, 0.4) is 0 Å². The maximum atomic E-state index is 9.67. The summed E-state index contributed by atoms with van der Waals surface area (Å²) in [6.07, 6.45) is 1.02. The first-order chi connectivity index (χ1) is 9.34. The van der Waals surface area contributed by atoms with Gasteiger partial charge in [-0.25, -0.2) is 0 Å². The van der Waals surface area contributed by atoms with Gasteiger partial charge in [-0.2, -0.15) is 0 Å². The Balaban J connectivity index is 0.000000240. The predicted molar refractivity (Wildman–Crippen MR) is 84.3 cm³/mol. The molecule has 0 saturated heterocycles. The van der Waals surface area contributed by atoms with Gasteiger partial charge in [-0.1, -0.05) is 58.0 Å². The Bertz CT molecular complexity index is 525. The van der Waals surface area contributed by atoms with Gasteiger partial charge in [-0.3, -0.25) is 0 Å². The highest BCUT2D eigenvalue weighted by Gasteiger charge is 2.17. The SMILES string of the molecule is CCc1ccc(O)c(C(C)(C)C)c1.Oc1ccccc1. The number of rotatable bonds is 1. The van der Waals surface area contributed by atoms with Crippen molar-refractivity contribution in [1.29, 1.82) is 0 Å². The standard InChI is InChI=1S/C12H18O.C6H6O/c1-5-9-6-7-11(13)10(8-9)12(2,3)4;7-6-4-2-1-3-5-6/h6-8,13H,5H2,1-4H3;1-5,7H. The minimum atomic E-state index is 0.0231. The number of aryl methyl sites for hydroxylation is 1. The molecule has 0 amide bonds. The second kappa shape index (κ2) is 6.99. The van der Waals surface area contributed by atoms with Crippen molar-refractivity contribution in [1.82, 2.24) is 0 Å². The minimum absolute atomic E-state index is 0.0231. The zero-order valence-electron chi connectivity index (χ0n) is 12.7. The normalized spacial score (nSPS) is 10.6. The summed E-state index contributed by atoms with van der Waals surface area (Å²) in [4.78, 5) is 0. The number of phenolic OH excluding ortho intramolecular Hbond substituents is 2. The number of hydrogen-bond acceptors (Lipinski definition) is 2. The van der Waals surface area contributed by atoms with Gasteiger partial charge in [0.1, 0.15) is 11.5 Å². The van der Waals surface area contributed by atoms with E-state index >= 15 is 0 Å². The van der Waals surface area contributed by atoms with Crippen molar-refractivity contribution in [2.75, 3.05) is 0 Å². The third-order valence-corrected chi connectivity index (χ3v) is 3.03. The van der Waals surface area contributed by atoms with Crippen LogP contribution in [0.5, 0.6) is 11.5 Å². The Morgan fingerprint density at radius 1 is 0.900 bits per heavy atom. The van der Waals surface area contributed by atoms with Gasteiger partial charge in [0.05, 0.1) is 0 Å². The molecular weight excluding hydrogens is 248 g/mol. The molecule has 2 aromatic rings. The van der Waals surface area contributed by atoms with Crippen molar-refractivity contribution < 1.29 is 10.2 Å². The van der Waals surface area contributed by atoms with Crippen LogP contribution in [0, 0.1) is 0 Å². The summed E-state index contributed by atoms with van der Waals surface area (Å²) in [6, 6.07) is 14.6. The second-order valence-electron chi connectivity index (χ2n) is 5.79. The van der Waals surface area contributed by atoms with Gasteiger partial charge in [-0.05, 0) is 41.2 Å². The summed E-state index contributed by atoms with van der Waals surface area (Å²) in [5, 5.41) is 18.3. The quantitative estimate of drug-likeness (QED) is 0.793. The molecule has 0 bridgehead atoms. The van der Waals surface area contributed by atoms with Crippen LogP contribution < -0.4 is 0 Å². The van der Waals surface area contributed by atoms with Crippen molar-refractivity contribution in [2.45, 2.75) is 39.5 Å². The summed E-state index contributed by atoms with van der Waals surface area (Å²) in [6.45, 7) is 8.46. The molecule has 0 fully saturated rings. The summed E-state index contributed by atoms with van der Waals surface area (Å²) in [5.74, 6) is 0.729. The molecule has 0 aliphatic rings. The molecule has 2 rings (SSSR count). The van der Waals surface area contributed by atoms with E-state index in [-0.39, 0.29) is 5.41 Å². The van der Waals surface area contributed by atoms with Crippen LogP contribution in [0.25, 0.3) is 0 Å². The molecule has 108 valence electrons. The van der Waals surface area contributed by atoms with E-state index in [1.54, 1.807) is 30.3 Å². The molecule has 0 aromatic heterocycles. The van der Waals surface area contributed by atoms with E-state index in [1.165, 1.54) is 5.56 Å². The Morgan fingerprint density at radius 3 is 1.90 bits per heavy atom. The number of hydrogen-bond donors (Lipinski definition) is 2. The van der Waals surface area contributed by atoms with Gasteiger partial charge in [0.15, 0.2) is 0 Å². The molecule has 0 aliphatic carbocycles. The highest BCUT2D eigenvalue weighted by molar-refractivity contribution is 5.40. The maximum absolute atomic E-state index is 9.67. The first kappa shape index (κ1) is 16.1. The zero-order valence-corrected chi connectivity index (χ0v) is 12.7. The van der Waals surface area contributed by atoms with Crippen molar-refractivity contribution in [3.05, 3.63) is 59.7 Å². The third kappa shape index (κ3) is 4.96. The lowest BCUT2D eigenvalue weighted by molar-refractivity contribution is 0.446. The largest absolute Gasteiger partial charge is 0.508 e. The molecule has 20 heavy (non-hydrogen) atoms. The monoisotopic (exact) mass is 272 g/mol. The van der Waals surface area contributed by atoms with Crippen molar-refractivity contribution in [2.24, 2.45) is 0 Å². The maximum Gasteiger partial charge on any atom is 0.119 e. The van der Waals surface area contributed by atoms with Crippen molar-refractivity contribution in [3.8, 4) is 11.5 Å². The fourth-order valence-corrected chi connectivity index (χ4v) is 1.83. The summed E-state index contributed by atoms with van der Waals surface area (Å²) < 4.78 is 0. The molecule has 2 nitrogen and oxygen atoms in total. The van der Waals surface area contributed by atoms with E-state index in [0.717, 1.165) is 12.0 Å². The average molecular weight is 272 g/mol. The van der Waals surface area contributed by atoms with Gasteiger partial charge in [0, 0.05) is 0 Å². The Kier molecular flexibility index (Phi) is 5.63. The second-order valence-corrected chi connectivity index (χ2v) is 5.79. The van der Waals surface area contributed by atoms with E-state index in [9.17, 15) is 5.11 Å². The molecule has 0 heterocycles. The van der Waals surface area contributed by atoms with Crippen LogP contribution in [0.1, 0.15) is 38.8 Å². The number of phenols is 2. The summed E-state index contributed by atoms with van der Waals surface area (Å²) >= 11 is 0. The first-order valence-corrected chi connectivity index (χ1v) is 6.91. The third-order valence-electron chi connectivity index (χ3n) is 3.03. The van der Waals surface area contributed by atoms with Crippen molar-refractivity contribution >= 4 is 0 Å². The van der Waals surface area contributed by atoms with Gasteiger partial charge in [-0.15, -0.1) is 0 Å². The smallest absolute Gasteiger partial charge is 0.119 e. The predicted octanol–water partition coefficient (Wildman–Crippen LogP) is 4.64. The van der Waals surface area contributed by atoms with Gasteiger partial charge in [0.2, 0.25) is 0 Å². The molecule has 0 atom stereocenters. The molecule has 2 heteroatoms. The lowest BCUT2D eigenvalue weighted by Gasteiger charge is -2.21. The van der Waals surface area contributed by atoms with Crippen LogP contribution >= 0.6 is 0 Å². The molecule has 0 unspecified atom stereocenters. The molecular formula is C18H24O2. The number of aromatic hydroxyl groups is 2. The minimum Gasteiger partial charge on any atom is -0.508 e. The molecule has 0 saturated carbocycles. The van der Waals surface area contributed by atoms with Crippen LogP contribution in [0.4, 0.5) is 0 Å². The van der Waals surface area contributed by atoms with Crippen LogP contribution in [0.15, 0.2) is 48.5 Å². The van der Waals surface area contributed by atoms with E-state index in [4.69, 9.17) is 5.11 Å². The average Bonchev–Trinajstić information content (AvgIpc) is 2.39. The van der Waals surface area contributed by atoms with E-state index in [2.05, 4.69) is 33.8 Å². The molecule has 0 aliphatic heterocycles. The summed E-state index contributed by atoms with van der Waals surface area (Å²) in [7, 11) is 0. The molecule has 2 N–H and O–H groups in total. The van der Waals surface area contributed by atoms with Gasteiger partial charge >= 0.3 is 0 Å². The summed E-state index contributed by atoms with van der Waals surface area (Å²) in [5.41, 5.74) is 2.34. The van der Waals surface area contributed by atoms with E-state index in [0.29, 0.717) is 11.5 Å². The van der Waals surface area contributed by atoms with Crippen molar-refractivity contribution in [3.63, 3.8) is 0 Å². The van der Waals surface area contributed by atoms with Crippen LogP contribution in [-0.2, 0) is 11.8 Å². The Hall–Kier alpha value is -1.96. The Labute approximate surface area is 121 Å². The molecule has 0 radical (unpaired) electrons. The van der Waals surface area contributed by atoms with Crippen LogP contribution in [-0.4, -0.2) is 10.2 Å². The fourth-order valence-electron chi connectivity index (χ4n) is 1.83.